The van der Waals surface area contributed by atoms with Crippen LogP contribution in [0.5, 0.6) is 11.5 Å². The van der Waals surface area contributed by atoms with E-state index in [0.29, 0.717) is 28.0 Å². The Kier molecular flexibility index (Phi) is 6.04. The highest BCUT2D eigenvalue weighted by Crippen LogP contribution is 2.31. The Labute approximate surface area is 201 Å². The first-order valence-corrected chi connectivity index (χ1v) is 11.3. The maximum Gasteiger partial charge on any atom is 0.338 e. The van der Waals surface area contributed by atoms with Crippen molar-refractivity contribution in [3.8, 4) is 17.4 Å². The Hall–Kier alpha value is -3.69. The fourth-order valence-corrected chi connectivity index (χ4v) is 4.05. The molecule has 5 rings (SSSR count). The van der Waals surface area contributed by atoms with E-state index < -0.39 is 5.97 Å². The number of aromatic carboxylic acids is 1. The van der Waals surface area contributed by atoms with Crippen LogP contribution in [0, 0.1) is 0 Å². The Morgan fingerprint density at radius 2 is 1.82 bits per heavy atom. The monoisotopic (exact) mass is 478 g/mol. The van der Waals surface area contributed by atoms with Gasteiger partial charge in [-0.3, -0.25) is 0 Å². The summed E-state index contributed by atoms with van der Waals surface area (Å²) in [4.78, 5) is 25.3. The van der Waals surface area contributed by atoms with Crippen molar-refractivity contribution in [1.82, 2.24) is 24.6 Å². The Morgan fingerprint density at radius 3 is 2.59 bits per heavy atom. The molecule has 34 heavy (non-hydrogen) atoms. The van der Waals surface area contributed by atoms with Gasteiger partial charge in [-0.1, -0.05) is 11.6 Å². The molecular weight excluding hydrogens is 456 g/mol. The average Bonchev–Trinajstić information content (AvgIpc) is 3.23. The van der Waals surface area contributed by atoms with Crippen LogP contribution < -0.4 is 9.64 Å². The third-order valence-corrected chi connectivity index (χ3v) is 5.99. The van der Waals surface area contributed by atoms with Crippen molar-refractivity contribution >= 4 is 34.3 Å². The van der Waals surface area contributed by atoms with E-state index in [2.05, 4.69) is 26.9 Å². The SMILES string of the molecule is CN1CCCN(c2nc(-n3cc(C(=O)O)cn3)nc3ccc(Oc4ccc(Cl)cc4)cc23)CC1. The lowest BCUT2D eigenvalue weighted by Gasteiger charge is -2.23. The zero-order chi connectivity index (χ0) is 23.7. The molecule has 0 unspecified atom stereocenters. The number of likely N-dealkylation sites (N-methyl/N-ethyl adjacent to an activating group) is 1. The predicted octanol–water partition coefficient (Wildman–Crippen LogP) is 4.10. The molecule has 1 aliphatic heterocycles. The molecule has 4 aromatic rings. The van der Waals surface area contributed by atoms with Crippen molar-refractivity contribution in [2.75, 3.05) is 38.1 Å². The highest BCUT2D eigenvalue weighted by atomic mass is 35.5. The Morgan fingerprint density at radius 1 is 1.03 bits per heavy atom. The second-order valence-corrected chi connectivity index (χ2v) is 8.64. The first-order valence-electron chi connectivity index (χ1n) is 10.9. The summed E-state index contributed by atoms with van der Waals surface area (Å²) >= 11 is 5.99. The van der Waals surface area contributed by atoms with Gasteiger partial charge in [0.25, 0.3) is 5.95 Å². The summed E-state index contributed by atoms with van der Waals surface area (Å²) in [7, 11) is 2.11. The quantitative estimate of drug-likeness (QED) is 0.458. The minimum absolute atomic E-state index is 0.0772. The highest BCUT2D eigenvalue weighted by molar-refractivity contribution is 6.30. The van der Waals surface area contributed by atoms with E-state index in [-0.39, 0.29) is 5.56 Å². The lowest BCUT2D eigenvalue weighted by molar-refractivity contribution is 0.0697. The number of hydrogen-bond donors (Lipinski definition) is 1. The van der Waals surface area contributed by atoms with Crippen molar-refractivity contribution in [3.05, 3.63) is 65.4 Å². The smallest absolute Gasteiger partial charge is 0.338 e. The van der Waals surface area contributed by atoms with Gasteiger partial charge in [0, 0.05) is 36.2 Å². The average molecular weight is 479 g/mol. The summed E-state index contributed by atoms with van der Waals surface area (Å²) in [6.07, 6.45) is 3.71. The van der Waals surface area contributed by atoms with Crippen LogP contribution in [-0.2, 0) is 0 Å². The molecule has 174 valence electrons. The first-order chi connectivity index (χ1) is 16.5. The van der Waals surface area contributed by atoms with Gasteiger partial charge >= 0.3 is 5.97 Å². The van der Waals surface area contributed by atoms with Gasteiger partial charge in [-0.2, -0.15) is 10.1 Å². The largest absolute Gasteiger partial charge is 0.478 e. The molecule has 0 atom stereocenters. The van der Waals surface area contributed by atoms with E-state index in [9.17, 15) is 9.90 Å². The van der Waals surface area contributed by atoms with Crippen molar-refractivity contribution in [3.63, 3.8) is 0 Å². The fourth-order valence-electron chi connectivity index (χ4n) is 3.93. The molecule has 3 heterocycles. The minimum Gasteiger partial charge on any atom is -0.478 e. The van der Waals surface area contributed by atoms with Crippen molar-refractivity contribution in [1.29, 1.82) is 0 Å². The number of rotatable bonds is 5. The molecule has 1 fully saturated rings. The van der Waals surface area contributed by atoms with Gasteiger partial charge in [-0.15, -0.1) is 0 Å². The topological polar surface area (TPSA) is 96.6 Å². The van der Waals surface area contributed by atoms with Gasteiger partial charge in [0.05, 0.1) is 17.3 Å². The van der Waals surface area contributed by atoms with Gasteiger partial charge in [0.1, 0.15) is 17.3 Å². The lowest BCUT2D eigenvalue weighted by Crippen LogP contribution is -2.30. The van der Waals surface area contributed by atoms with Gasteiger partial charge in [-0.25, -0.2) is 14.5 Å². The molecule has 1 aliphatic rings. The third-order valence-electron chi connectivity index (χ3n) is 5.74. The maximum atomic E-state index is 11.3. The number of ether oxygens (including phenoxy) is 1. The van der Waals surface area contributed by atoms with Gasteiger partial charge < -0.3 is 19.6 Å². The van der Waals surface area contributed by atoms with Crippen LogP contribution in [0.2, 0.25) is 5.02 Å². The van der Waals surface area contributed by atoms with Crippen molar-refractivity contribution in [2.45, 2.75) is 6.42 Å². The predicted molar refractivity (Wildman–Crippen MR) is 129 cm³/mol. The van der Waals surface area contributed by atoms with Crippen LogP contribution >= 0.6 is 11.6 Å². The minimum atomic E-state index is -1.05. The Bertz CT molecular complexity index is 1340. The Balaban J connectivity index is 1.58. The van der Waals surface area contributed by atoms with E-state index in [4.69, 9.17) is 21.3 Å². The number of nitrogens with zero attached hydrogens (tertiary/aromatic N) is 6. The molecule has 1 saturated heterocycles. The number of halogens is 1. The molecule has 9 nitrogen and oxygen atoms in total. The third kappa shape index (κ3) is 4.66. The van der Waals surface area contributed by atoms with Crippen LogP contribution in [0.4, 0.5) is 5.82 Å². The van der Waals surface area contributed by atoms with Crippen LogP contribution in [-0.4, -0.2) is 69.0 Å². The van der Waals surface area contributed by atoms with E-state index in [1.807, 2.05) is 30.3 Å². The van der Waals surface area contributed by atoms with Gasteiger partial charge in [0.15, 0.2) is 0 Å². The number of anilines is 1. The van der Waals surface area contributed by atoms with Crippen molar-refractivity contribution < 1.29 is 14.6 Å². The number of hydrogen-bond acceptors (Lipinski definition) is 7. The van der Waals surface area contributed by atoms with Gasteiger partial charge in [0.2, 0.25) is 0 Å². The van der Waals surface area contributed by atoms with Crippen LogP contribution in [0.25, 0.3) is 16.9 Å². The summed E-state index contributed by atoms with van der Waals surface area (Å²) in [5.41, 5.74) is 0.793. The summed E-state index contributed by atoms with van der Waals surface area (Å²) in [5, 5.41) is 14.9. The summed E-state index contributed by atoms with van der Waals surface area (Å²) in [5.74, 6) is 1.37. The van der Waals surface area contributed by atoms with E-state index >= 15 is 0 Å². The van der Waals surface area contributed by atoms with E-state index in [1.165, 1.54) is 17.1 Å². The molecule has 1 N–H and O–H groups in total. The highest BCUT2D eigenvalue weighted by Gasteiger charge is 2.20. The standard InChI is InChI=1S/C24H23ClN6O3/c1-29-9-2-10-30(12-11-29)22-20-13-19(34-18-5-3-17(25)4-6-18)7-8-21(20)27-24(28-22)31-15-16(14-26-31)23(32)33/h3-8,13-15H,2,9-12H2,1H3,(H,32,33). The molecular formula is C24H23ClN6O3. The molecule has 0 aliphatic carbocycles. The molecule has 0 radical (unpaired) electrons. The second-order valence-electron chi connectivity index (χ2n) is 8.20. The zero-order valence-electron chi connectivity index (χ0n) is 18.6. The number of carboxylic acid groups (broad SMARTS) is 1. The molecule has 0 saturated carbocycles. The molecule has 2 aromatic heterocycles. The summed E-state index contributed by atoms with van der Waals surface area (Å²) in [6, 6.07) is 12.8. The maximum absolute atomic E-state index is 11.3. The molecule has 0 spiro atoms. The molecule has 0 bridgehead atoms. The number of fused-ring (bicyclic) bond motifs is 1. The fraction of sp³-hybridized carbons (Fsp3) is 0.250. The number of carboxylic acids is 1. The van der Waals surface area contributed by atoms with Crippen LogP contribution in [0.15, 0.2) is 54.9 Å². The first kappa shape index (κ1) is 22.1. The van der Waals surface area contributed by atoms with E-state index in [0.717, 1.165) is 43.8 Å². The van der Waals surface area contributed by atoms with Crippen molar-refractivity contribution in [2.24, 2.45) is 0 Å². The zero-order valence-corrected chi connectivity index (χ0v) is 19.3. The number of carbonyl (C=O) groups is 1. The second kappa shape index (κ2) is 9.28. The molecule has 2 aromatic carbocycles. The van der Waals surface area contributed by atoms with Crippen LogP contribution in [0.1, 0.15) is 16.8 Å². The normalized spacial score (nSPS) is 14.8. The van der Waals surface area contributed by atoms with Crippen LogP contribution in [0.3, 0.4) is 0 Å². The molecule has 0 amide bonds. The lowest BCUT2D eigenvalue weighted by atomic mass is 10.2. The summed E-state index contributed by atoms with van der Waals surface area (Å²) < 4.78 is 7.44. The number of benzene rings is 2. The molecule has 10 heteroatoms. The van der Waals surface area contributed by atoms with E-state index in [1.54, 1.807) is 12.1 Å². The summed E-state index contributed by atoms with van der Waals surface area (Å²) in [6.45, 7) is 3.58. The van der Waals surface area contributed by atoms with Gasteiger partial charge in [-0.05, 0) is 62.5 Å². The number of aromatic nitrogens is 4.